The van der Waals surface area contributed by atoms with E-state index in [0.717, 1.165) is 34.0 Å². The van der Waals surface area contributed by atoms with Gasteiger partial charge in [0.2, 0.25) is 11.7 Å². The van der Waals surface area contributed by atoms with Crippen molar-refractivity contribution < 1.29 is 32.6 Å². The SMILES string of the molecule is CCc1c(N2CCN(C(=O)c3ncnc(C)c3O)CC2)c(=O)n2nc(-c3ccc4c(c3)C[C@H](C)O4)nc2n1CC(=O)Nc1ccc(C(F)(F)F)cc1Cl. The molecule has 0 radical (unpaired) electrons. The minimum atomic E-state index is -4.62. The van der Waals surface area contributed by atoms with E-state index >= 15 is 0 Å². The highest BCUT2D eigenvalue weighted by Crippen LogP contribution is 2.35. The molecule has 1 fully saturated rings. The maximum absolute atomic E-state index is 14.3. The predicted octanol–water partition coefficient (Wildman–Crippen LogP) is 4.52. The number of rotatable bonds is 7. The summed E-state index contributed by atoms with van der Waals surface area (Å²) < 4.78 is 48.3. The van der Waals surface area contributed by atoms with Crippen LogP contribution in [0, 0.1) is 6.92 Å². The molecule has 1 saturated heterocycles. The molecular weight excluding hydrogens is 719 g/mol. The highest BCUT2D eigenvalue weighted by Gasteiger charge is 2.32. The number of anilines is 2. The average molecular weight is 752 g/mol. The lowest BCUT2D eigenvalue weighted by Gasteiger charge is -2.36. The number of carbonyl (C=O) groups excluding carboxylic acids is 2. The second-order valence-corrected chi connectivity index (χ2v) is 13.2. The fraction of sp³-hybridized carbons (Fsp3) is 0.343. The van der Waals surface area contributed by atoms with E-state index in [4.69, 9.17) is 21.3 Å². The van der Waals surface area contributed by atoms with Crippen molar-refractivity contribution >= 4 is 40.6 Å². The summed E-state index contributed by atoms with van der Waals surface area (Å²) in [6.45, 7) is 5.77. The average Bonchev–Trinajstić information content (AvgIpc) is 3.74. The lowest BCUT2D eigenvalue weighted by atomic mass is 10.1. The van der Waals surface area contributed by atoms with Crippen LogP contribution in [0.15, 0.2) is 47.5 Å². The van der Waals surface area contributed by atoms with E-state index < -0.39 is 35.7 Å². The van der Waals surface area contributed by atoms with Gasteiger partial charge in [-0.05, 0) is 62.2 Å². The predicted molar refractivity (Wildman–Crippen MR) is 187 cm³/mol. The first kappa shape index (κ1) is 35.7. The van der Waals surface area contributed by atoms with Crippen LogP contribution < -0.4 is 20.5 Å². The highest BCUT2D eigenvalue weighted by atomic mass is 35.5. The first-order valence-electron chi connectivity index (χ1n) is 16.8. The third kappa shape index (κ3) is 6.71. The molecule has 7 rings (SSSR count). The third-order valence-corrected chi connectivity index (χ3v) is 9.59. The summed E-state index contributed by atoms with van der Waals surface area (Å²) in [4.78, 5) is 57.1. The van der Waals surface area contributed by atoms with Crippen molar-refractivity contribution in [1.29, 1.82) is 0 Å². The van der Waals surface area contributed by atoms with Gasteiger partial charge in [0, 0.05) is 38.2 Å². The second-order valence-electron chi connectivity index (χ2n) is 12.8. The van der Waals surface area contributed by atoms with Crippen molar-refractivity contribution in [3.8, 4) is 22.9 Å². The van der Waals surface area contributed by atoms with Gasteiger partial charge in [0.05, 0.1) is 27.7 Å². The molecule has 2 N–H and O–H groups in total. The third-order valence-electron chi connectivity index (χ3n) is 9.28. The molecule has 0 spiro atoms. The number of aromatic nitrogens is 6. The van der Waals surface area contributed by atoms with Gasteiger partial charge >= 0.3 is 6.18 Å². The molecule has 2 aliphatic rings. The molecule has 53 heavy (non-hydrogen) atoms. The number of carbonyl (C=O) groups is 2. The van der Waals surface area contributed by atoms with Crippen molar-refractivity contribution in [1.82, 2.24) is 34.0 Å². The monoisotopic (exact) mass is 751 g/mol. The normalized spacial score (nSPS) is 15.8. The van der Waals surface area contributed by atoms with Gasteiger partial charge in [0.1, 0.15) is 30.4 Å². The standard InChI is InChI=1S/C35H33ClF3N9O5/c1-4-25-29(45-9-11-46(12-10-45)32(51)28-30(50)19(3)40-17-41-28)33(52)48-34(43-31(44-48)20-5-8-26-21(14-20)13-18(2)53-26)47(25)16-27(49)42-24-7-6-22(15-23(24)36)35(37,38)39/h5-8,14-15,17-18,50H,4,9-13,16H2,1-3H3,(H,42,49)/t18-/m0/s1. The first-order chi connectivity index (χ1) is 25.2. The van der Waals surface area contributed by atoms with Gasteiger partial charge in [-0.2, -0.15) is 22.7 Å². The van der Waals surface area contributed by atoms with E-state index in [-0.39, 0.29) is 83.8 Å². The summed E-state index contributed by atoms with van der Waals surface area (Å²) >= 11 is 6.14. The van der Waals surface area contributed by atoms with Crippen LogP contribution in [0.2, 0.25) is 5.02 Å². The van der Waals surface area contributed by atoms with Crippen molar-refractivity contribution in [3.05, 3.63) is 86.3 Å². The fourth-order valence-electron chi connectivity index (χ4n) is 6.65. The summed E-state index contributed by atoms with van der Waals surface area (Å²) in [5.74, 6) is -0.357. The summed E-state index contributed by atoms with van der Waals surface area (Å²) in [7, 11) is 0. The minimum absolute atomic E-state index is 0.00237. The van der Waals surface area contributed by atoms with E-state index in [2.05, 4.69) is 20.4 Å². The Kier molecular flexibility index (Phi) is 9.21. The lowest BCUT2D eigenvalue weighted by molar-refractivity contribution is -0.137. The van der Waals surface area contributed by atoms with Crippen LogP contribution in [0.25, 0.3) is 17.2 Å². The van der Waals surface area contributed by atoms with Crippen molar-refractivity contribution in [2.24, 2.45) is 0 Å². The van der Waals surface area contributed by atoms with Gasteiger partial charge in [-0.1, -0.05) is 18.5 Å². The van der Waals surface area contributed by atoms with Crippen LogP contribution in [0.4, 0.5) is 24.5 Å². The minimum Gasteiger partial charge on any atom is -0.504 e. The number of nitrogens with zero attached hydrogens (tertiary/aromatic N) is 8. The molecule has 14 nitrogen and oxygen atoms in total. The smallest absolute Gasteiger partial charge is 0.416 e. The molecule has 1 atom stereocenters. The summed E-state index contributed by atoms with van der Waals surface area (Å²) in [6, 6.07) is 8.13. The topological polar surface area (TPSA) is 160 Å². The highest BCUT2D eigenvalue weighted by molar-refractivity contribution is 6.33. The number of fused-ring (bicyclic) bond motifs is 2. The maximum atomic E-state index is 14.3. The van der Waals surface area contributed by atoms with Gasteiger partial charge < -0.3 is 29.5 Å². The lowest BCUT2D eigenvalue weighted by Crippen LogP contribution is -2.51. The van der Waals surface area contributed by atoms with Gasteiger partial charge in [-0.3, -0.25) is 14.4 Å². The molecule has 0 saturated carbocycles. The summed E-state index contributed by atoms with van der Waals surface area (Å²) in [5.41, 5.74) is 0.971. The zero-order valence-electron chi connectivity index (χ0n) is 28.7. The molecule has 2 amide bonds. The fourth-order valence-corrected chi connectivity index (χ4v) is 6.87. The van der Waals surface area contributed by atoms with Gasteiger partial charge in [0.25, 0.3) is 11.5 Å². The van der Waals surface area contributed by atoms with Crippen molar-refractivity contribution in [3.63, 3.8) is 0 Å². The Morgan fingerprint density at radius 3 is 2.55 bits per heavy atom. The molecule has 2 aromatic carbocycles. The number of ether oxygens (including phenoxy) is 1. The van der Waals surface area contributed by atoms with Crippen LogP contribution in [0.3, 0.4) is 0 Å². The number of benzene rings is 2. The first-order valence-corrected chi connectivity index (χ1v) is 17.1. The number of aromatic hydroxyl groups is 1. The Balaban J connectivity index is 1.25. The largest absolute Gasteiger partial charge is 0.504 e. The Morgan fingerprint density at radius 1 is 1.09 bits per heavy atom. The van der Waals surface area contributed by atoms with Crippen LogP contribution in [-0.4, -0.2) is 83.2 Å². The molecule has 18 heteroatoms. The number of halogens is 4. The van der Waals surface area contributed by atoms with Crippen LogP contribution in [0.5, 0.6) is 11.5 Å². The number of alkyl halides is 3. The Labute approximate surface area is 304 Å². The molecule has 276 valence electrons. The molecule has 5 aromatic rings. The molecule has 0 aliphatic carbocycles. The molecule has 3 aromatic heterocycles. The van der Waals surface area contributed by atoms with E-state index in [0.29, 0.717) is 17.7 Å². The number of aryl methyl sites for hydroxylation is 1. The number of piperazine rings is 1. The van der Waals surface area contributed by atoms with E-state index in [9.17, 15) is 32.7 Å². The van der Waals surface area contributed by atoms with Gasteiger partial charge in [0.15, 0.2) is 17.3 Å². The molecule has 5 heterocycles. The van der Waals surface area contributed by atoms with Gasteiger partial charge in [-0.25, -0.2) is 9.97 Å². The number of hydrogen-bond donors (Lipinski definition) is 2. The summed E-state index contributed by atoms with van der Waals surface area (Å²) in [6.07, 6.45) is -2.45. The zero-order chi connectivity index (χ0) is 37.8. The van der Waals surface area contributed by atoms with Crippen molar-refractivity contribution in [2.45, 2.75) is 52.4 Å². The molecule has 0 bridgehead atoms. The second kappa shape index (κ2) is 13.7. The number of hydrogen-bond acceptors (Lipinski definition) is 10. The van der Waals surface area contributed by atoms with E-state index in [1.54, 1.807) is 17.6 Å². The quantitative estimate of drug-likeness (QED) is 0.242. The van der Waals surface area contributed by atoms with Gasteiger partial charge in [-0.15, -0.1) is 5.10 Å². The van der Waals surface area contributed by atoms with Crippen LogP contribution in [0.1, 0.15) is 46.9 Å². The molecular formula is C35H33ClF3N9O5. The molecule has 2 aliphatic heterocycles. The van der Waals surface area contributed by atoms with E-state index in [1.165, 1.54) is 11.2 Å². The van der Waals surface area contributed by atoms with Crippen LogP contribution in [-0.2, 0) is 30.4 Å². The van der Waals surface area contributed by atoms with Crippen molar-refractivity contribution in [2.75, 3.05) is 36.4 Å². The summed E-state index contributed by atoms with van der Waals surface area (Å²) in [5, 5.41) is 17.3. The Bertz CT molecular complexity index is 2340. The Hall–Kier alpha value is -5.71. The zero-order valence-corrected chi connectivity index (χ0v) is 29.5. The maximum Gasteiger partial charge on any atom is 0.416 e. The Morgan fingerprint density at radius 2 is 1.85 bits per heavy atom. The van der Waals surface area contributed by atoms with E-state index in [1.807, 2.05) is 30.9 Å². The molecule has 0 unspecified atom stereocenters. The number of amides is 2. The van der Waals surface area contributed by atoms with Crippen LogP contribution >= 0.6 is 11.6 Å². The number of nitrogens with one attached hydrogen (secondary N) is 1.